The minimum absolute atomic E-state index is 0.301. The average Bonchev–Trinajstić information content (AvgIpc) is 3.21. The van der Waals surface area contributed by atoms with E-state index in [1.807, 2.05) is 72.8 Å². The lowest BCUT2D eigenvalue weighted by atomic mass is 10.2. The van der Waals surface area contributed by atoms with E-state index in [0.29, 0.717) is 29.7 Å². The molecule has 0 aliphatic rings. The first-order valence-electron chi connectivity index (χ1n) is 10.0. The van der Waals surface area contributed by atoms with Crippen molar-refractivity contribution in [2.45, 2.75) is 6.61 Å². The van der Waals surface area contributed by atoms with Crippen LogP contribution in [0.5, 0.6) is 11.5 Å². The molecule has 5 aromatic rings. The van der Waals surface area contributed by atoms with Crippen LogP contribution in [-0.2, 0) is 6.61 Å². The van der Waals surface area contributed by atoms with Crippen LogP contribution >= 0.6 is 0 Å². The number of hydrazone groups is 1. The quantitative estimate of drug-likeness (QED) is 0.294. The van der Waals surface area contributed by atoms with Gasteiger partial charge in [-0.15, -0.1) is 10.2 Å². The highest BCUT2D eigenvalue weighted by atomic mass is 16.5. The van der Waals surface area contributed by atoms with E-state index >= 15 is 0 Å². The Morgan fingerprint density at radius 2 is 1.81 bits per heavy atom. The zero-order chi connectivity index (χ0) is 21.8. The lowest BCUT2D eigenvalue weighted by Crippen LogP contribution is -2.00. The number of nitrogens with one attached hydrogen (secondary N) is 2. The van der Waals surface area contributed by atoms with Gasteiger partial charge in [0.25, 0.3) is 5.95 Å². The van der Waals surface area contributed by atoms with Crippen LogP contribution in [0.15, 0.2) is 77.9 Å². The first kappa shape index (κ1) is 19.5. The van der Waals surface area contributed by atoms with E-state index in [4.69, 9.17) is 9.47 Å². The Bertz CT molecular complexity index is 1400. The Hall–Kier alpha value is -4.46. The predicted molar refractivity (Wildman–Crippen MR) is 124 cm³/mol. The molecule has 0 saturated carbocycles. The molecule has 0 fully saturated rings. The summed E-state index contributed by atoms with van der Waals surface area (Å²) in [6.45, 7) is 0.465. The molecule has 8 nitrogen and oxygen atoms in total. The van der Waals surface area contributed by atoms with Crippen LogP contribution in [0.3, 0.4) is 0 Å². The molecule has 0 spiro atoms. The largest absolute Gasteiger partial charge is 0.493 e. The summed E-state index contributed by atoms with van der Waals surface area (Å²) in [6, 6.07) is 23.5. The SMILES string of the molecule is COc1cc(C=NNc2nnc3c(n2)[nH]c2ccccc23)ccc1OCc1ccccc1. The van der Waals surface area contributed by atoms with Crippen molar-refractivity contribution in [3.05, 3.63) is 83.9 Å². The van der Waals surface area contributed by atoms with Crippen LogP contribution in [0.4, 0.5) is 5.95 Å². The third kappa shape index (κ3) is 4.06. The van der Waals surface area contributed by atoms with Crippen molar-refractivity contribution in [2.75, 3.05) is 12.5 Å². The number of anilines is 1. The van der Waals surface area contributed by atoms with Crippen LogP contribution < -0.4 is 14.9 Å². The molecule has 2 N–H and O–H groups in total. The Morgan fingerprint density at radius 3 is 2.69 bits per heavy atom. The second-order valence-electron chi connectivity index (χ2n) is 7.06. The summed E-state index contributed by atoms with van der Waals surface area (Å²) < 4.78 is 11.4. The molecule has 0 unspecified atom stereocenters. The van der Waals surface area contributed by atoms with Gasteiger partial charge in [0, 0.05) is 10.9 Å². The van der Waals surface area contributed by atoms with Crippen molar-refractivity contribution in [1.29, 1.82) is 0 Å². The number of benzene rings is 3. The number of hydrogen-bond acceptors (Lipinski definition) is 7. The van der Waals surface area contributed by atoms with Crippen molar-refractivity contribution >= 4 is 34.2 Å². The summed E-state index contributed by atoms with van der Waals surface area (Å²) in [6.07, 6.45) is 1.66. The van der Waals surface area contributed by atoms with Gasteiger partial charge in [0.05, 0.1) is 13.3 Å². The molecule has 32 heavy (non-hydrogen) atoms. The van der Waals surface area contributed by atoms with Gasteiger partial charge in [0.15, 0.2) is 17.1 Å². The smallest absolute Gasteiger partial charge is 0.265 e. The van der Waals surface area contributed by atoms with E-state index in [0.717, 1.165) is 27.5 Å². The molecule has 0 aliphatic heterocycles. The number of methoxy groups -OCH3 is 1. The number of hydrogen-bond donors (Lipinski definition) is 2. The van der Waals surface area contributed by atoms with Crippen LogP contribution in [0, 0.1) is 0 Å². The van der Waals surface area contributed by atoms with E-state index in [-0.39, 0.29) is 0 Å². The van der Waals surface area contributed by atoms with Crippen molar-refractivity contribution in [2.24, 2.45) is 5.10 Å². The topological polar surface area (TPSA) is 97.3 Å². The second-order valence-corrected chi connectivity index (χ2v) is 7.06. The van der Waals surface area contributed by atoms with E-state index in [1.165, 1.54) is 0 Å². The van der Waals surface area contributed by atoms with Crippen LogP contribution in [0.2, 0.25) is 0 Å². The summed E-state index contributed by atoms with van der Waals surface area (Å²) in [5.41, 5.74) is 7.09. The molecule has 5 rings (SSSR count). The number of para-hydroxylation sites is 1. The molecule has 0 saturated heterocycles. The number of rotatable bonds is 7. The highest BCUT2D eigenvalue weighted by Crippen LogP contribution is 2.28. The molecular formula is C24H20N6O2. The Kier molecular flexibility index (Phi) is 5.32. The molecule has 3 aromatic carbocycles. The van der Waals surface area contributed by atoms with Gasteiger partial charge in [0.2, 0.25) is 0 Å². The van der Waals surface area contributed by atoms with Crippen molar-refractivity contribution in [3.63, 3.8) is 0 Å². The monoisotopic (exact) mass is 424 g/mol. The highest BCUT2D eigenvalue weighted by molar-refractivity contribution is 6.03. The molecule has 2 heterocycles. The van der Waals surface area contributed by atoms with Crippen molar-refractivity contribution in [3.8, 4) is 11.5 Å². The maximum Gasteiger partial charge on any atom is 0.265 e. The van der Waals surface area contributed by atoms with Crippen LogP contribution in [0.1, 0.15) is 11.1 Å². The first-order chi connectivity index (χ1) is 15.8. The lowest BCUT2D eigenvalue weighted by molar-refractivity contribution is 0.284. The Morgan fingerprint density at radius 1 is 0.969 bits per heavy atom. The molecule has 2 aromatic heterocycles. The fourth-order valence-corrected chi connectivity index (χ4v) is 3.35. The number of fused-ring (bicyclic) bond motifs is 3. The number of H-pyrrole nitrogens is 1. The number of ether oxygens (including phenoxy) is 2. The molecule has 0 amide bonds. The molecule has 0 atom stereocenters. The van der Waals surface area contributed by atoms with E-state index in [1.54, 1.807) is 13.3 Å². The summed E-state index contributed by atoms with van der Waals surface area (Å²) in [5.74, 6) is 1.59. The second kappa shape index (κ2) is 8.73. The van der Waals surface area contributed by atoms with Gasteiger partial charge in [-0.05, 0) is 35.4 Å². The fourth-order valence-electron chi connectivity index (χ4n) is 3.35. The van der Waals surface area contributed by atoms with E-state index in [9.17, 15) is 0 Å². The average molecular weight is 424 g/mol. The van der Waals surface area contributed by atoms with Gasteiger partial charge < -0.3 is 14.5 Å². The minimum atomic E-state index is 0.301. The number of nitrogens with zero attached hydrogens (tertiary/aromatic N) is 4. The molecule has 8 heteroatoms. The third-order valence-corrected chi connectivity index (χ3v) is 4.93. The van der Waals surface area contributed by atoms with Crippen molar-refractivity contribution in [1.82, 2.24) is 20.2 Å². The first-order valence-corrected chi connectivity index (χ1v) is 10.0. The zero-order valence-electron chi connectivity index (χ0n) is 17.3. The summed E-state index contributed by atoms with van der Waals surface area (Å²) in [5, 5.41) is 13.6. The molecule has 0 bridgehead atoms. The maximum atomic E-state index is 5.89. The minimum Gasteiger partial charge on any atom is -0.493 e. The standard InChI is InChI=1S/C24H20N6O2/c1-31-21-13-17(11-12-20(21)32-15-16-7-3-2-4-8-16)14-25-29-24-27-23-22(28-30-24)18-9-5-6-10-19(18)26-23/h2-14H,15H2,1H3,(H2,26,27,29,30). The highest BCUT2D eigenvalue weighted by Gasteiger charge is 2.08. The third-order valence-electron chi connectivity index (χ3n) is 4.93. The zero-order valence-corrected chi connectivity index (χ0v) is 17.3. The fraction of sp³-hybridized carbons (Fsp3) is 0.0833. The van der Waals surface area contributed by atoms with Gasteiger partial charge in [-0.3, -0.25) is 0 Å². The lowest BCUT2D eigenvalue weighted by Gasteiger charge is -2.11. The number of aromatic amines is 1. The van der Waals surface area contributed by atoms with Crippen LogP contribution in [-0.4, -0.2) is 33.5 Å². The van der Waals surface area contributed by atoms with Crippen LogP contribution in [0.25, 0.3) is 22.1 Å². The van der Waals surface area contributed by atoms with Gasteiger partial charge in [0.1, 0.15) is 12.1 Å². The predicted octanol–water partition coefficient (Wildman–Crippen LogP) is 4.54. The van der Waals surface area contributed by atoms with Gasteiger partial charge >= 0.3 is 0 Å². The molecule has 0 aliphatic carbocycles. The molecule has 158 valence electrons. The number of aromatic nitrogens is 4. The van der Waals surface area contributed by atoms with Gasteiger partial charge in [-0.2, -0.15) is 10.1 Å². The summed E-state index contributed by atoms with van der Waals surface area (Å²) in [4.78, 5) is 7.68. The van der Waals surface area contributed by atoms with E-state index in [2.05, 4.69) is 30.7 Å². The Balaban J connectivity index is 1.28. The normalized spacial score (nSPS) is 11.3. The summed E-state index contributed by atoms with van der Waals surface area (Å²) in [7, 11) is 1.61. The van der Waals surface area contributed by atoms with Gasteiger partial charge in [-0.1, -0.05) is 48.5 Å². The molecular weight excluding hydrogens is 404 g/mol. The van der Waals surface area contributed by atoms with Gasteiger partial charge in [-0.25, -0.2) is 5.43 Å². The maximum absolute atomic E-state index is 5.89. The van der Waals surface area contributed by atoms with E-state index < -0.39 is 0 Å². The van der Waals surface area contributed by atoms with Crippen molar-refractivity contribution < 1.29 is 9.47 Å². The summed E-state index contributed by atoms with van der Waals surface area (Å²) >= 11 is 0. The Labute approximate surface area is 183 Å². The molecule has 0 radical (unpaired) electrons.